The summed E-state index contributed by atoms with van der Waals surface area (Å²) >= 11 is 3.36. The highest BCUT2D eigenvalue weighted by Gasteiger charge is 2.32. The van der Waals surface area contributed by atoms with Gasteiger partial charge < -0.3 is 10.2 Å². The van der Waals surface area contributed by atoms with Crippen LogP contribution in [0.3, 0.4) is 0 Å². The van der Waals surface area contributed by atoms with Gasteiger partial charge in [-0.25, -0.2) is 8.42 Å². The molecule has 0 heterocycles. The Kier molecular flexibility index (Phi) is 9.06. The predicted octanol–water partition coefficient (Wildman–Crippen LogP) is 3.60. The maximum absolute atomic E-state index is 13.7. The Morgan fingerprint density at radius 2 is 1.51 bits per heavy atom. The summed E-state index contributed by atoms with van der Waals surface area (Å²) in [6.45, 7) is -0.287. The summed E-state index contributed by atoms with van der Waals surface area (Å²) in [5.74, 6) is -0.810. The fourth-order valence-electron chi connectivity index (χ4n) is 3.75. The Balaban J connectivity index is 2.00. The Labute approximate surface area is 214 Å². The lowest BCUT2D eigenvalue weighted by Gasteiger charge is -2.33. The summed E-state index contributed by atoms with van der Waals surface area (Å²) in [4.78, 5) is 28.2. The van der Waals surface area contributed by atoms with Crippen molar-refractivity contribution in [2.45, 2.75) is 19.0 Å². The molecule has 3 aromatic carbocycles. The van der Waals surface area contributed by atoms with Crippen molar-refractivity contribution < 1.29 is 18.0 Å². The molecule has 1 atom stereocenters. The number of carbonyl (C=O) groups excluding carboxylic acids is 2. The van der Waals surface area contributed by atoms with E-state index in [1.807, 2.05) is 60.7 Å². The van der Waals surface area contributed by atoms with E-state index in [4.69, 9.17) is 0 Å². The van der Waals surface area contributed by atoms with Crippen LogP contribution in [-0.2, 0) is 32.6 Å². The number of nitrogens with one attached hydrogen (secondary N) is 1. The molecule has 0 spiro atoms. The van der Waals surface area contributed by atoms with Crippen LogP contribution in [0, 0.1) is 0 Å². The highest BCUT2D eigenvalue weighted by Crippen LogP contribution is 2.23. The maximum atomic E-state index is 13.7. The Bertz CT molecular complexity index is 1250. The number of benzene rings is 3. The van der Waals surface area contributed by atoms with Crippen molar-refractivity contribution in [2.24, 2.45) is 0 Å². The number of nitrogens with zero attached hydrogens (tertiary/aromatic N) is 2. The van der Waals surface area contributed by atoms with Gasteiger partial charge in [0.05, 0.1) is 11.9 Å². The van der Waals surface area contributed by atoms with Crippen LogP contribution in [0.1, 0.15) is 11.1 Å². The van der Waals surface area contributed by atoms with E-state index in [-0.39, 0.29) is 18.9 Å². The minimum atomic E-state index is -3.78. The third-order valence-electron chi connectivity index (χ3n) is 5.49. The number of anilines is 1. The molecule has 3 aromatic rings. The fraction of sp³-hybridized carbons (Fsp3) is 0.231. The number of sulfonamides is 1. The normalized spacial score (nSPS) is 12.0. The van der Waals surface area contributed by atoms with Crippen molar-refractivity contribution in [3.63, 3.8) is 0 Å². The second-order valence-corrected chi connectivity index (χ2v) is 10.9. The first kappa shape index (κ1) is 26.4. The summed E-state index contributed by atoms with van der Waals surface area (Å²) in [6.07, 6.45) is 1.35. The first-order valence-electron chi connectivity index (χ1n) is 11.0. The summed E-state index contributed by atoms with van der Waals surface area (Å²) < 4.78 is 27.1. The van der Waals surface area contributed by atoms with E-state index in [1.54, 1.807) is 24.3 Å². The fourth-order valence-corrected chi connectivity index (χ4v) is 4.97. The molecule has 0 aliphatic carbocycles. The van der Waals surface area contributed by atoms with Gasteiger partial charge in [0, 0.05) is 24.5 Å². The summed E-state index contributed by atoms with van der Waals surface area (Å²) in [7, 11) is -2.26. The molecule has 3 rings (SSSR count). The summed E-state index contributed by atoms with van der Waals surface area (Å²) in [5.41, 5.74) is 2.07. The molecule has 184 valence electrons. The number of halogens is 1. The lowest BCUT2D eigenvalue weighted by atomic mass is 10.0. The van der Waals surface area contributed by atoms with Crippen LogP contribution >= 0.6 is 15.9 Å². The van der Waals surface area contributed by atoms with Gasteiger partial charge in [-0.3, -0.25) is 13.9 Å². The molecule has 1 N–H and O–H groups in total. The molecule has 2 amide bonds. The smallest absolute Gasteiger partial charge is 0.244 e. The molecule has 35 heavy (non-hydrogen) atoms. The third kappa shape index (κ3) is 7.40. The number of likely N-dealkylation sites (N-methyl/N-ethyl adjacent to an activating group) is 1. The van der Waals surface area contributed by atoms with Crippen LogP contribution in [0.5, 0.6) is 0 Å². The topological polar surface area (TPSA) is 86.8 Å². The van der Waals surface area contributed by atoms with Gasteiger partial charge in [-0.1, -0.05) is 82.7 Å². The van der Waals surface area contributed by atoms with Gasteiger partial charge in [0.1, 0.15) is 12.6 Å². The van der Waals surface area contributed by atoms with Crippen LogP contribution in [0.2, 0.25) is 0 Å². The zero-order valence-corrected chi connectivity index (χ0v) is 22.0. The molecular weight excluding hydrogens is 530 g/mol. The van der Waals surface area contributed by atoms with Crippen molar-refractivity contribution >= 4 is 43.5 Å². The average Bonchev–Trinajstić information content (AvgIpc) is 2.84. The second kappa shape index (κ2) is 12.0. The quantitative estimate of drug-likeness (QED) is 0.412. The van der Waals surface area contributed by atoms with Gasteiger partial charge >= 0.3 is 0 Å². The first-order chi connectivity index (χ1) is 16.7. The third-order valence-corrected chi connectivity index (χ3v) is 7.12. The lowest BCUT2D eigenvalue weighted by molar-refractivity contribution is -0.139. The van der Waals surface area contributed by atoms with E-state index in [2.05, 4.69) is 21.2 Å². The summed E-state index contributed by atoms with van der Waals surface area (Å²) in [6, 6.07) is 24.6. The van der Waals surface area contributed by atoms with E-state index in [9.17, 15) is 18.0 Å². The SMILES string of the molecule is CNC(=O)[C@@H](Cc1ccccc1)N(Cc1ccccc1)C(=O)CN(c1cccc(Br)c1)S(C)(=O)=O. The van der Waals surface area contributed by atoms with Crippen molar-refractivity contribution in [1.29, 1.82) is 0 Å². The van der Waals surface area contributed by atoms with Crippen molar-refractivity contribution in [3.05, 3.63) is 101 Å². The largest absolute Gasteiger partial charge is 0.357 e. The van der Waals surface area contributed by atoms with Gasteiger partial charge in [-0.05, 0) is 29.3 Å². The van der Waals surface area contributed by atoms with Gasteiger partial charge in [0.2, 0.25) is 21.8 Å². The first-order valence-corrected chi connectivity index (χ1v) is 13.7. The lowest BCUT2D eigenvalue weighted by Crippen LogP contribution is -2.52. The molecule has 0 aliphatic heterocycles. The molecule has 0 radical (unpaired) electrons. The van der Waals surface area contributed by atoms with Gasteiger partial charge in [-0.15, -0.1) is 0 Å². The zero-order chi connectivity index (χ0) is 25.4. The molecule has 9 heteroatoms. The molecular formula is C26H28BrN3O4S. The number of carbonyl (C=O) groups is 2. The highest BCUT2D eigenvalue weighted by molar-refractivity contribution is 9.10. The molecule has 0 bridgehead atoms. The standard InChI is InChI=1S/C26H28BrN3O4S/c1-28-26(32)24(16-20-10-5-3-6-11-20)29(18-21-12-7-4-8-13-21)25(31)19-30(35(2,33)34)23-15-9-14-22(27)17-23/h3-15,17,24H,16,18-19H2,1-2H3,(H,28,32)/t24-/m1/s1. The minimum Gasteiger partial charge on any atom is -0.357 e. The van der Waals surface area contributed by atoms with Crippen LogP contribution in [0.4, 0.5) is 5.69 Å². The van der Waals surface area contributed by atoms with E-state index in [0.717, 1.165) is 21.7 Å². The van der Waals surface area contributed by atoms with E-state index in [0.29, 0.717) is 10.2 Å². The van der Waals surface area contributed by atoms with Gasteiger partial charge in [-0.2, -0.15) is 0 Å². The molecule has 0 aliphatic rings. The van der Waals surface area contributed by atoms with Crippen molar-refractivity contribution in [3.8, 4) is 0 Å². The van der Waals surface area contributed by atoms with Crippen LogP contribution < -0.4 is 9.62 Å². The van der Waals surface area contributed by atoms with Gasteiger partial charge in [0.15, 0.2) is 0 Å². The van der Waals surface area contributed by atoms with Gasteiger partial charge in [0.25, 0.3) is 0 Å². The van der Waals surface area contributed by atoms with E-state index < -0.39 is 28.5 Å². The number of amides is 2. The molecule has 7 nitrogen and oxygen atoms in total. The molecule has 0 unspecified atom stereocenters. The van der Waals surface area contributed by atoms with E-state index in [1.165, 1.54) is 11.9 Å². The van der Waals surface area contributed by atoms with Crippen LogP contribution in [0.15, 0.2) is 89.4 Å². The number of hydrogen-bond acceptors (Lipinski definition) is 4. The molecule has 0 fully saturated rings. The molecule has 0 aromatic heterocycles. The van der Waals surface area contributed by atoms with Crippen molar-refractivity contribution in [1.82, 2.24) is 10.2 Å². The Hall–Kier alpha value is -3.17. The molecule has 0 saturated heterocycles. The highest BCUT2D eigenvalue weighted by atomic mass is 79.9. The average molecular weight is 558 g/mol. The van der Waals surface area contributed by atoms with Crippen molar-refractivity contribution in [2.75, 3.05) is 24.2 Å². The monoisotopic (exact) mass is 557 g/mol. The number of rotatable bonds is 10. The van der Waals surface area contributed by atoms with Crippen LogP contribution in [-0.4, -0.2) is 51.0 Å². The summed E-state index contributed by atoms with van der Waals surface area (Å²) in [5, 5.41) is 2.66. The maximum Gasteiger partial charge on any atom is 0.244 e. The van der Waals surface area contributed by atoms with E-state index >= 15 is 0 Å². The van der Waals surface area contributed by atoms with Crippen LogP contribution in [0.25, 0.3) is 0 Å². The molecule has 0 saturated carbocycles. The number of hydrogen-bond donors (Lipinski definition) is 1. The zero-order valence-electron chi connectivity index (χ0n) is 19.6. The Morgan fingerprint density at radius 1 is 0.914 bits per heavy atom. The Morgan fingerprint density at radius 3 is 2.06 bits per heavy atom. The minimum absolute atomic E-state index is 0.153. The second-order valence-electron chi connectivity index (χ2n) is 8.08. The predicted molar refractivity (Wildman–Crippen MR) is 141 cm³/mol.